The van der Waals surface area contributed by atoms with Crippen LogP contribution in [0.3, 0.4) is 0 Å². The van der Waals surface area contributed by atoms with E-state index in [4.69, 9.17) is 28.9 Å². The SMILES string of the molecule is COC(=O)N[C@H](C(=O)N1[C@@H](C)CC[C@H]1C1=NC(C(C)C)=C(c2cc3c4c(c2)OCc2cc(-c5nc([C@@H]6CC[C@H](C)N6C(=O)[C@@H](NC(=O)OC)C(C)C)[nH]c5C(C)C)cc(c2-4)OC3)C1)C(C)C. The minimum absolute atomic E-state index is 0.00369. The van der Waals surface area contributed by atoms with E-state index in [1.165, 1.54) is 14.2 Å². The molecule has 5 aliphatic rings. The van der Waals surface area contributed by atoms with Crippen LogP contribution in [0.5, 0.6) is 11.5 Å². The van der Waals surface area contributed by atoms with Crippen LogP contribution in [0.4, 0.5) is 9.59 Å². The smallest absolute Gasteiger partial charge is 0.407 e. The maximum atomic E-state index is 14.2. The van der Waals surface area contributed by atoms with Crippen LogP contribution in [0.15, 0.2) is 35.0 Å². The number of ether oxygens (including phenoxy) is 4. The fourth-order valence-corrected chi connectivity index (χ4v) is 10.7. The zero-order chi connectivity index (χ0) is 47.5. The molecule has 3 aromatic rings. The molecule has 15 nitrogen and oxygen atoms in total. The molecule has 8 rings (SSSR count). The molecule has 2 saturated heterocycles. The first-order valence-electron chi connectivity index (χ1n) is 23.8. The maximum Gasteiger partial charge on any atom is 0.407 e. The normalized spacial score (nSPS) is 21.8. The fourth-order valence-electron chi connectivity index (χ4n) is 10.7. The maximum absolute atomic E-state index is 14.2. The monoisotopic (exact) mass is 906 g/mol. The van der Waals surface area contributed by atoms with E-state index in [1.54, 1.807) is 0 Å². The molecule has 4 amide bonds. The number of benzene rings is 2. The molecule has 2 aromatic carbocycles. The van der Waals surface area contributed by atoms with Gasteiger partial charge in [-0.1, -0.05) is 55.4 Å². The predicted molar refractivity (Wildman–Crippen MR) is 252 cm³/mol. The number of H-pyrrole nitrogens is 1. The number of alkyl carbamates (subject to hydrolysis) is 2. The van der Waals surface area contributed by atoms with Crippen LogP contribution < -0.4 is 20.1 Å². The lowest BCUT2D eigenvalue weighted by molar-refractivity contribution is -0.137. The lowest BCUT2D eigenvalue weighted by Gasteiger charge is -2.34. The fraction of sp³-hybridized carbons (Fsp3) is 0.569. The Balaban J connectivity index is 1.08. The third-order valence-electron chi connectivity index (χ3n) is 14.1. The van der Waals surface area contributed by atoms with E-state index in [2.05, 4.69) is 74.5 Å². The topological polar surface area (TPSA) is 177 Å². The number of nitrogens with zero attached hydrogens (tertiary/aromatic N) is 4. The molecule has 0 bridgehead atoms. The number of rotatable bonds is 12. The van der Waals surface area contributed by atoms with Crippen LogP contribution in [0.2, 0.25) is 0 Å². The second kappa shape index (κ2) is 18.4. The lowest BCUT2D eigenvalue weighted by Crippen LogP contribution is -2.55. The predicted octanol–water partition coefficient (Wildman–Crippen LogP) is 9.06. The van der Waals surface area contributed by atoms with Gasteiger partial charge in [0.1, 0.15) is 42.6 Å². The highest BCUT2D eigenvalue weighted by Crippen LogP contribution is 2.52. The third-order valence-corrected chi connectivity index (χ3v) is 14.1. The van der Waals surface area contributed by atoms with E-state index in [0.29, 0.717) is 19.6 Å². The van der Waals surface area contributed by atoms with Crippen molar-refractivity contribution >= 4 is 35.3 Å². The summed E-state index contributed by atoms with van der Waals surface area (Å²) in [6, 6.07) is 6.64. The summed E-state index contributed by atoms with van der Waals surface area (Å²) in [4.78, 5) is 70.9. The molecule has 15 heteroatoms. The molecule has 1 aromatic heterocycles. The van der Waals surface area contributed by atoms with Crippen LogP contribution in [-0.2, 0) is 32.3 Å². The number of nitrogens with one attached hydrogen (secondary N) is 3. The van der Waals surface area contributed by atoms with Gasteiger partial charge >= 0.3 is 12.2 Å². The second-order valence-electron chi connectivity index (χ2n) is 20.0. The van der Waals surface area contributed by atoms with Crippen LogP contribution in [0.25, 0.3) is 28.0 Å². The first-order valence-corrected chi connectivity index (χ1v) is 23.8. The molecule has 5 aliphatic heterocycles. The molecule has 66 heavy (non-hydrogen) atoms. The minimum atomic E-state index is -0.738. The molecule has 354 valence electrons. The Kier molecular flexibility index (Phi) is 13.0. The van der Waals surface area contributed by atoms with Crippen molar-refractivity contribution < 1.29 is 38.1 Å². The van der Waals surface area contributed by atoms with E-state index in [1.807, 2.05) is 44.4 Å². The first kappa shape index (κ1) is 46.7. The summed E-state index contributed by atoms with van der Waals surface area (Å²) in [5.41, 5.74) is 11.0. The number of carbonyl (C=O) groups excluding carboxylic acids is 4. The highest BCUT2D eigenvalue weighted by Gasteiger charge is 2.44. The number of hydrogen-bond acceptors (Lipinski definition) is 10. The van der Waals surface area contributed by atoms with E-state index in [0.717, 1.165) is 105 Å². The highest BCUT2D eigenvalue weighted by molar-refractivity contribution is 6.05. The number of carbonyl (C=O) groups is 4. The molecule has 0 saturated carbocycles. The molecule has 0 radical (unpaired) electrons. The Morgan fingerprint density at radius 1 is 0.697 bits per heavy atom. The van der Waals surface area contributed by atoms with Crippen molar-refractivity contribution in [3.05, 3.63) is 58.2 Å². The van der Waals surface area contributed by atoms with Crippen LogP contribution in [-0.4, -0.2) is 93.9 Å². The van der Waals surface area contributed by atoms with Gasteiger partial charge in [0.15, 0.2) is 0 Å². The number of imidazole rings is 1. The number of aromatic nitrogens is 2. The van der Waals surface area contributed by atoms with E-state index >= 15 is 0 Å². The second-order valence-corrected chi connectivity index (χ2v) is 20.0. The van der Waals surface area contributed by atoms with Crippen molar-refractivity contribution in [2.75, 3.05) is 14.2 Å². The largest absolute Gasteiger partial charge is 0.488 e. The summed E-state index contributed by atoms with van der Waals surface area (Å²) in [5, 5.41) is 5.54. The first-order chi connectivity index (χ1) is 31.4. The molecule has 6 atom stereocenters. The number of allylic oxidation sites excluding steroid dienone is 2. The van der Waals surface area contributed by atoms with Gasteiger partial charge in [-0.15, -0.1) is 0 Å². The van der Waals surface area contributed by atoms with E-state index in [-0.39, 0.29) is 59.7 Å². The summed E-state index contributed by atoms with van der Waals surface area (Å²) >= 11 is 0. The molecule has 0 spiro atoms. The number of likely N-dealkylation sites (tertiary alicyclic amines) is 2. The quantitative estimate of drug-likeness (QED) is 0.160. The van der Waals surface area contributed by atoms with Crippen LogP contribution >= 0.6 is 0 Å². The molecule has 0 aliphatic carbocycles. The average molecular weight is 906 g/mol. The van der Waals surface area contributed by atoms with E-state index in [9.17, 15) is 19.2 Å². The van der Waals surface area contributed by atoms with E-state index < -0.39 is 24.3 Å². The summed E-state index contributed by atoms with van der Waals surface area (Å²) in [7, 11) is 2.61. The molecule has 0 unspecified atom stereocenters. The molecular formula is C51H67N7O8. The molecule has 6 heterocycles. The molecule has 2 fully saturated rings. The Morgan fingerprint density at radius 2 is 1.20 bits per heavy atom. The number of aliphatic imine (C=N–C) groups is 1. The third kappa shape index (κ3) is 8.42. The minimum Gasteiger partial charge on any atom is -0.488 e. The van der Waals surface area contributed by atoms with Crippen molar-refractivity contribution in [2.24, 2.45) is 22.7 Å². The Labute approximate surface area is 388 Å². The summed E-state index contributed by atoms with van der Waals surface area (Å²) in [6.45, 7) is 21.1. The number of methoxy groups -OCH3 is 2. The Bertz CT molecular complexity index is 2440. The number of amides is 4. The lowest BCUT2D eigenvalue weighted by atomic mass is 9.85. The van der Waals surface area contributed by atoms with Crippen LogP contribution in [0, 0.1) is 17.8 Å². The van der Waals surface area contributed by atoms with Gasteiger partial charge in [0.25, 0.3) is 0 Å². The highest BCUT2D eigenvalue weighted by atomic mass is 16.5. The number of hydrogen-bond donors (Lipinski definition) is 3. The van der Waals surface area contributed by atoms with Crippen molar-refractivity contribution in [3.63, 3.8) is 0 Å². The van der Waals surface area contributed by atoms with Gasteiger partial charge in [-0.25, -0.2) is 14.6 Å². The van der Waals surface area contributed by atoms with Gasteiger partial charge in [0, 0.05) is 63.4 Å². The van der Waals surface area contributed by atoms with Gasteiger partial charge < -0.3 is 44.4 Å². The van der Waals surface area contributed by atoms with Crippen LogP contribution in [0.1, 0.15) is 142 Å². The van der Waals surface area contributed by atoms with Gasteiger partial charge in [-0.05, 0) is 98.6 Å². The van der Waals surface area contributed by atoms with Gasteiger partial charge in [0.2, 0.25) is 11.8 Å². The van der Waals surface area contributed by atoms with Crippen molar-refractivity contribution in [2.45, 2.75) is 157 Å². The Morgan fingerprint density at radius 3 is 1.70 bits per heavy atom. The number of aromatic amines is 1. The van der Waals surface area contributed by atoms with Gasteiger partial charge in [-0.2, -0.15) is 0 Å². The summed E-state index contributed by atoms with van der Waals surface area (Å²) < 4.78 is 23.0. The molecular weight excluding hydrogens is 839 g/mol. The summed E-state index contributed by atoms with van der Waals surface area (Å²) in [5.74, 6) is 2.02. The average Bonchev–Trinajstić information content (AvgIpc) is 4.10. The zero-order valence-corrected chi connectivity index (χ0v) is 40.6. The Hall–Kier alpha value is -5.86. The van der Waals surface area contributed by atoms with Gasteiger partial charge in [-0.3, -0.25) is 14.6 Å². The van der Waals surface area contributed by atoms with Crippen molar-refractivity contribution in [1.82, 2.24) is 30.4 Å². The van der Waals surface area contributed by atoms with Crippen molar-refractivity contribution in [1.29, 1.82) is 0 Å². The standard InChI is InChI=1S/C51H67N7O8/c1-24(2)42-34(21-35(52-42)36-15-13-28(9)57(36)48(59)44(26(5)6)55-50(61)63-11)30-17-32-22-66-39-20-31(18-33-23-65-38(19-30)40(32)41(33)39)46-43(25(3)4)53-47(54-46)37-16-14-29(10)58(37)49(60)45(27(7)8)56-51(62)64-12/h17-20,24-29,36-37,44-45H,13-16,21-23H2,1-12H3,(H,53,54)(H,55,61)(H,56,62)/t28-,29-,36-,37-,44-,45-/m0/s1. The zero-order valence-electron chi connectivity index (χ0n) is 40.6. The molecule has 3 N–H and O–H groups in total. The van der Waals surface area contributed by atoms with Crippen molar-refractivity contribution in [3.8, 4) is 33.9 Å². The van der Waals surface area contributed by atoms with Gasteiger partial charge in [0.05, 0.1) is 32.0 Å². The summed E-state index contributed by atoms with van der Waals surface area (Å²) in [6.07, 6.45) is 2.54.